The fourth-order valence-corrected chi connectivity index (χ4v) is 4.39. The van der Waals surface area contributed by atoms with Crippen molar-refractivity contribution in [2.75, 3.05) is 26.3 Å². The molecule has 0 radical (unpaired) electrons. The van der Waals surface area contributed by atoms with Crippen molar-refractivity contribution in [1.82, 2.24) is 29.8 Å². The number of furan rings is 1. The van der Waals surface area contributed by atoms with E-state index in [1.54, 1.807) is 23.1 Å². The molecule has 2 aliphatic rings. The molecule has 2 aliphatic heterocycles. The first-order chi connectivity index (χ1) is 15.1. The van der Waals surface area contributed by atoms with Crippen LogP contribution in [0.2, 0.25) is 0 Å². The summed E-state index contributed by atoms with van der Waals surface area (Å²) in [6, 6.07) is 3.52. The second kappa shape index (κ2) is 8.26. The molecule has 10 nitrogen and oxygen atoms in total. The molecule has 2 saturated heterocycles. The number of hydrogen-bond acceptors (Lipinski definition) is 8. The Balaban J connectivity index is 1.28. The third-order valence-corrected chi connectivity index (χ3v) is 6.19. The minimum absolute atomic E-state index is 0.121. The summed E-state index contributed by atoms with van der Waals surface area (Å²) in [4.78, 5) is 23.6. The molecular formula is C21H26N6O4. The molecule has 0 spiro atoms. The number of nitrogens with zero attached hydrogens (tertiary/aromatic N) is 6. The average molecular weight is 426 g/mol. The lowest BCUT2D eigenvalue weighted by atomic mass is 9.81. The molecule has 164 valence electrons. The first kappa shape index (κ1) is 19.9. The van der Waals surface area contributed by atoms with E-state index in [1.807, 2.05) is 4.90 Å². The fourth-order valence-electron chi connectivity index (χ4n) is 4.39. The molecule has 0 saturated carbocycles. The van der Waals surface area contributed by atoms with Crippen LogP contribution in [0.1, 0.15) is 66.6 Å². The number of carbonyl (C=O) groups is 1. The largest absolute Gasteiger partial charge is 0.454 e. The first-order valence-corrected chi connectivity index (χ1v) is 10.7. The van der Waals surface area contributed by atoms with E-state index in [4.69, 9.17) is 18.7 Å². The third-order valence-electron chi connectivity index (χ3n) is 6.19. The van der Waals surface area contributed by atoms with Crippen LogP contribution in [-0.4, -0.2) is 62.0 Å². The Morgan fingerprint density at radius 3 is 2.97 bits per heavy atom. The molecule has 3 aromatic heterocycles. The zero-order chi connectivity index (χ0) is 21.3. The summed E-state index contributed by atoms with van der Waals surface area (Å²) in [6.45, 7) is 5.19. The summed E-state index contributed by atoms with van der Waals surface area (Å²) >= 11 is 0. The van der Waals surface area contributed by atoms with E-state index < -0.39 is 0 Å². The Morgan fingerprint density at radius 2 is 2.16 bits per heavy atom. The monoisotopic (exact) mass is 426 g/mol. The topological polar surface area (TPSA) is 112 Å². The van der Waals surface area contributed by atoms with E-state index in [0.29, 0.717) is 42.9 Å². The Morgan fingerprint density at radius 1 is 1.29 bits per heavy atom. The smallest absolute Gasteiger partial charge is 0.289 e. The van der Waals surface area contributed by atoms with Gasteiger partial charge in [-0.2, -0.15) is 10.1 Å². The van der Waals surface area contributed by atoms with Crippen molar-refractivity contribution in [2.24, 2.45) is 0 Å². The summed E-state index contributed by atoms with van der Waals surface area (Å²) in [5.74, 6) is 2.49. The van der Waals surface area contributed by atoms with Gasteiger partial charge in [0.2, 0.25) is 5.89 Å². The summed E-state index contributed by atoms with van der Waals surface area (Å²) < 4.78 is 18.5. The maximum atomic E-state index is 13.1. The van der Waals surface area contributed by atoms with E-state index in [9.17, 15) is 4.79 Å². The maximum absolute atomic E-state index is 13.1. The highest BCUT2D eigenvalue weighted by Gasteiger charge is 2.40. The average Bonchev–Trinajstić information content (AvgIpc) is 3.56. The van der Waals surface area contributed by atoms with Crippen LogP contribution in [-0.2, 0) is 16.7 Å². The summed E-state index contributed by atoms with van der Waals surface area (Å²) in [7, 11) is 0. The predicted molar refractivity (Wildman–Crippen MR) is 107 cm³/mol. The first-order valence-electron chi connectivity index (χ1n) is 10.7. The van der Waals surface area contributed by atoms with Crippen molar-refractivity contribution in [1.29, 1.82) is 0 Å². The highest BCUT2D eigenvalue weighted by Crippen LogP contribution is 2.34. The summed E-state index contributed by atoms with van der Waals surface area (Å²) in [5.41, 5.74) is -0.350. The van der Waals surface area contributed by atoms with Crippen LogP contribution in [0.3, 0.4) is 0 Å². The van der Waals surface area contributed by atoms with Gasteiger partial charge < -0.3 is 18.6 Å². The summed E-state index contributed by atoms with van der Waals surface area (Å²) in [5, 5.41) is 8.36. The van der Waals surface area contributed by atoms with E-state index in [0.717, 1.165) is 38.9 Å². The highest BCUT2D eigenvalue weighted by atomic mass is 16.5. The molecule has 1 atom stereocenters. The number of likely N-dealkylation sites (tertiary alicyclic amines) is 1. The van der Waals surface area contributed by atoms with Gasteiger partial charge in [0.1, 0.15) is 25.0 Å². The molecule has 0 aliphatic carbocycles. The quantitative estimate of drug-likeness (QED) is 0.611. The molecule has 3 aromatic rings. The number of hydrogen-bond donors (Lipinski definition) is 0. The van der Waals surface area contributed by atoms with E-state index in [-0.39, 0.29) is 17.2 Å². The van der Waals surface area contributed by atoms with Gasteiger partial charge in [-0.05, 0) is 37.8 Å². The maximum Gasteiger partial charge on any atom is 0.289 e. The van der Waals surface area contributed by atoms with Crippen LogP contribution in [0.25, 0.3) is 0 Å². The van der Waals surface area contributed by atoms with Crippen LogP contribution in [0.15, 0.2) is 33.7 Å². The Hall–Kier alpha value is -3.01. The molecule has 0 aromatic carbocycles. The van der Waals surface area contributed by atoms with Gasteiger partial charge in [0, 0.05) is 37.6 Å². The fraction of sp³-hybridized carbons (Fsp3) is 0.571. The molecule has 1 unspecified atom stereocenters. The molecule has 2 fully saturated rings. The van der Waals surface area contributed by atoms with Gasteiger partial charge >= 0.3 is 0 Å². The van der Waals surface area contributed by atoms with Gasteiger partial charge in [-0.1, -0.05) is 12.1 Å². The number of aromatic nitrogens is 5. The minimum atomic E-state index is -0.350. The van der Waals surface area contributed by atoms with E-state index in [2.05, 4.69) is 22.2 Å². The van der Waals surface area contributed by atoms with Crippen LogP contribution >= 0.6 is 0 Å². The number of piperidine rings is 1. The van der Waals surface area contributed by atoms with Crippen molar-refractivity contribution < 1.29 is 18.5 Å². The van der Waals surface area contributed by atoms with Crippen LogP contribution in [0, 0.1) is 0 Å². The Kier molecular flexibility index (Phi) is 5.31. The lowest BCUT2D eigenvalue weighted by Gasteiger charge is -2.38. The highest BCUT2D eigenvalue weighted by molar-refractivity contribution is 5.91. The van der Waals surface area contributed by atoms with Crippen molar-refractivity contribution in [2.45, 2.75) is 50.5 Å². The molecule has 0 bridgehead atoms. The number of rotatable bonds is 5. The number of carbonyl (C=O) groups excluding carboxylic acids is 1. The molecule has 1 amide bonds. The second-order valence-electron chi connectivity index (χ2n) is 8.59. The van der Waals surface area contributed by atoms with E-state index in [1.165, 1.54) is 6.33 Å². The lowest BCUT2D eigenvalue weighted by Crippen LogP contribution is -2.47. The second-order valence-corrected chi connectivity index (χ2v) is 8.59. The normalized spacial score (nSPS) is 22.7. The standard InChI is InChI=1S/C21H26N6O4/c1-21(20-24-18(31-25-20)15-5-9-29-10-6-15)7-2-8-26(12-21)19(28)17-4-3-16(30-17)11-27-14-22-13-23-27/h3-4,13-15H,2,5-12H2,1H3. The third kappa shape index (κ3) is 4.12. The van der Waals surface area contributed by atoms with Crippen molar-refractivity contribution in [3.63, 3.8) is 0 Å². The Labute approximate surface area is 179 Å². The minimum Gasteiger partial charge on any atom is -0.454 e. The van der Waals surface area contributed by atoms with Crippen molar-refractivity contribution >= 4 is 5.91 Å². The summed E-state index contributed by atoms with van der Waals surface area (Å²) in [6.07, 6.45) is 6.65. The van der Waals surface area contributed by atoms with Gasteiger partial charge in [-0.3, -0.25) is 4.79 Å². The zero-order valence-corrected chi connectivity index (χ0v) is 17.6. The predicted octanol–water partition coefficient (Wildman–Crippen LogP) is 2.39. The number of ether oxygens (including phenoxy) is 1. The van der Waals surface area contributed by atoms with Gasteiger partial charge in [-0.15, -0.1) is 0 Å². The van der Waals surface area contributed by atoms with Gasteiger partial charge in [0.25, 0.3) is 5.91 Å². The SMILES string of the molecule is CC1(c2noc(C3CCOCC3)n2)CCCN(C(=O)c2ccc(Cn3cncn3)o2)C1. The molecular weight excluding hydrogens is 400 g/mol. The molecule has 31 heavy (non-hydrogen) atoms. The lowest BCUT2D eigenvalue weighted by molar-refractivity contribution is 0.0608. The molecule has 5 heterocycles. The van der Waals surface area contributed by atoms with Crippen molar-refractivity contribution in [3.8, 4) is 0 Å². The molecule has 10 heteroatoms. The van der Waals surface area contributed by atoms with E-state index >= 15 is 0 Å². The zero-order valence-electron chi connectivity index (χ0n) is 17.6. The van der Waals surface area contributed by atoms with Gasteiger partial charge in [-0.25, -0.2) is 9.67 Å². The van der Waals surface area contributed by atoms with Crippen molar-refractivity contribution in [3.05, 3.63) is 48.0 Å². The van der Waals surface area contributed by atoms with Crippen LogP contribution in [0.4, 0.5) is 0 Å². The van der Waals surface area contributed by atoms with Crippen LogP contribution in [0.5, 0.6) is 0 Å². The van der Waals surface area contributed by atoms with Gasteiger partial charge in [0.15, 0.2) is 11.6 Å². The molecule has 0 N–H and O–H groups in total. The van der Waals surface area contributed by atoms with Crippen LogP contribution < -0.4 is 0 Å². The number of amides is 1. The molecule has 5 rings (SSSR count). The Bertz CT molecular complexity index is 1020. The van der Waals surface area contributed by atoms with Gasteiger partial charge in [0.05, 0.1) is 0 Å².